The highest BCUT2D eigenvalue weighted by atomic mass is 35.5. The molecule has 1 amide bonds. The fraction of sp³-hybridized carbons (Fsp3) is 0.133. The lowest BCUT2D eigenvalue weighted by Crippen LogP contribution is -2.15. The molecule has 0 radical (unpaired) electrons. The van der Waals surface area contributed by atoms with Gasteiger partial charge in [0.05, 0.1) is 18.1 Å². The van der Waals surface area contributed by atoms with Crippen LogP contribution in [0.15, 0.2) is 48.5 Å². The molecule has 0 fully saturated rings. The van der Waals surface area contributed by atoms with E-state index in [-0.39, 0.29) is 18.9 Å². The summed E-state index contributed by atoms with van der Waals surface area (Å²) >= 11 is 11.7. The molecule has 20 heavy (non-hydrogen) atoms. The van der Waals surface area contributed by atoms with Crippen LogP contribution >= 0.6 is 23.2 Å². The number of anilines is 1. The normalized spacial score (nSPS) is 10.1. The van der Waals surface area contributed by atoms with E-state index in [1.807, 2.05) is 12.1 Å². The molecule has 0 saturated heterocycles. The van der Waals surface area contributed by atoms with E-state index in [1.165, 1.54) is 0 Å². The van der Waals surface area contributed by atoms with Gasteiger partial charge in [0.25, 0.3) is 0 Å². The molecule has 2 aromatic rings. The molecule has 3 nitrogen and oxygen atoms in total. The monoisotopic (exact) mass is 309 g/mol. The quantitative estimate of drug-likeness (QED) is 0.889. The van der Waals surface area contributed by atoms with Gasteiger partial charge < -0.3 is 10.1 Å². The lowest BCUT2D eigenvalue weighted by Gasteiger charge is -2.08. The molecule has 1 N–H and O–H groups in total. The molecular weight excluding hydrogens is 297 g/mol. The Labute approximate surface area is 127 Å². The Hall–Kier alpha value is -1.71. The van der Waals surface area contributed by atoms with Crippen LogP contribution in [0, 0.1) is 0 Å². The Balaban J connectivity index is 1.78. The Kier molecular flexibility index (Phi) is 5.27. The Morgan fingerprint density at radius 3 is 2.45 bits per heavy atom. The summed E-state index contributed by atoms with van der Waals surface area (Å²) in [6, 6.07) is 14.1. The van der Waals surface area contributed by atoms with Crippen LogP contribution in [0.5, 0.6) is 5.75 Å². The molecule has 0 saturated carbocycles. The second-order valence-electron chi connectivity index (χ2n) is 4.08. The van der Waals surface area contributed by atoms with Gasteiger partial charge >= 0.3 is 0 Å². The van der Waals surface area contributed by atoms with Crippen molar-refractivity contribution in [2.45, 2.75) is 6.42 Å². The van der Waals surface area contributed by atoms with Crippen molar-refractivity contribution in [3.63, 3.8) is 0 Å². The highest BCUT2D eigenvalue weighted by Gasteiger charge is 2.04. The highest BCUT2D eigenvalue weighted by molar-refractivity contribution is 6.32. The number of ether oxygens (including phenoxy) is 1. The largest absolute Gasteiger partial charge is 0.491 e. The number of nitrogens with one attached hydrogen (secondary N) is 1. The van der Waals surface area contributed by atoms with Crippen LogP contribution in [0.2, 0.25) is 10.0 Å². The first kappa shape index (κ1) is 14.7. The summed E-state index contributed by atoms with van der Waals surface area (Å²) in [5, 5.41) is 3.92. The maximum Gasteiger partial charge on any atom is 0.227 e. The van der Waals surface area contributed by atoms with E-state index in [2.05, 4.69) is 5.32 Å². The van der Waals surface area contributed by atoms with E-state index < -0.39 is 0 Å². The van der Waals surface area contributed by atoms with E-state index in [0.29, 0.717) is 21.5 Å². The number of halogens is 2. The van der Waals surface area contributed by atoms with Crippen molar-refractivity contribution in [3.8, 4) is 5.75 Å². The number of carbonyl (C=O) groups excluding carboxylic acids is 1. The van der Waals surface area contributed by atoms with Gasteiger partial charge in [-0.15, -0.1) is 0 Å². The molecular formula is C15H13Cl2NO2. The molecule has 0 heterocycles. The molecule has 5 heteroatoms. The van der Waals surface area contributed by atoms with Gasteiger partial charge in [-0.25, -0.2) is 0 Å². The molecule has 2 rings (SSSR count). The van der Waals surface area contributed by atoms with Crippen LogP contribution in [0.4, 0.5) is 5.69 Å². The third kappa shape index (κ3) is 4.44. The number of amides is 1. The molecule has 0 aliphatic rings. The number of rotatable bonds is 5. The van der Waals surface area contributed by atoms with Crippen molar-refractivity contribution < 1.29 is 9.53 Å². The summed E-state index contributed by atoms with van der Waals surface area (Å²) in [5.74, 6) is 0.452. The predicted molar refractivity (Wildman–Crippen MR) is 81.6 cm³/mol. The van der Waals surface area contributed by atoms with Crippen molar-refractivity contribution in [2.24, 2.45) is 0 Å². The zero-order valence-corrected chi connectivity index (χ0v) is 12.1. The lowest BCUT2D eigenvalue weighted by molar-refractivity contribution is -0.116. The molecule has 2 aromatic carbocycles. The van der Waals surface area contributed by atoms with E-state index in [1.54, 1.807) is 36.4 Å². The van der Waals surface area contributed by atoms with Crippen LogP contribution in [-0.4, -0.2) is 12.5 Å². The van der Waals surface area contributed by atoms with E-state index in [4.69, 9.17) is 27.9 Å². The Bertz CT molecular complexity index is 585. The van der Waals surface area contributed by atoms with Crippen LogP contribution in [0.3, 0.4) is 0 Å². The average Bonchev–Trinajstić information content (AvgIpc) is 2.43. The predicted octanol–water partition coefficient (Wildman–Crippen LogP) is 4.40. The summed E-state index contributed by atoms with van der Waals surface area (Å²) in [4.78, 5) is 11.7. The number of para-hydroxylation sites is 1. The minimum atomic E-state index is -0.126. The fourth-order valence-corrected chi connectivity index (χ4v) is 1.89. The molecule has 0 unspecified atom stereocenters. The third-order valence-corrected chi connectivity index (χ3v) is 3.12. The fourth-order valence-electron chi connectivity index (χ4n) is 1.57. The minimum Gasteiger partial charge on any atom is -0.491 e. The van der Waals surface area contributed by atoms with Gasteiger partial charge in [-0.1, -0.05) is 35.3 Å². The number of hydrogen-bond acceptors (Lipinski definition) is 2. The first-order valence-electron chi connectivity index (χ1n) is 6.08. The van der Waals surface area contributed by atoms with Gasteiger partial charge in [0.1, 0.15) is 5.75 Å². The van der Waals surface area contributed by atoms with Crippen molar-refractivity contribution in [1.82, 2.24) is 0 Å². The van der Waals surface area contributed by atoms with Gasteiger partial charge in [-0.2, -0.15) is 0 Å². The van der Waals surface area contributed by atoms with Crippen molar-refractivity contribution in [1.29, 1.82) is 0 Å². The molecule has 104 valence electrons. The topological polar surface area (TPSA) is 38.3 Å². The van der Waals surface area contributed by atoms with Gasteiger partial charge in [0.15, 0.2) is 0 Å². The summed E-state index contributed by atoms with van der Waals surface area (Å²) in [6.45, 7) is 0.267. The Morgan fingerprint density at radius 2 is 1.75 bits per heavy atom. The van der Waals surface area contributed by atoms with Gasteiger partial charge in [0, 0.05) is 10.7 Å². The van der Waals surface area contributed by atoms with Gasteiger partial charge in [-0.05, 0) is 36.4 Å². The zero-order chi connectivity index (χ0) is 14.4. The number of carbonyl (C=O) groups is 1. The smallest absolute Gasteiger partial charge is 0.227 e. The number of benzene rings is 2. The Morgan fingerprint density at radius 1 is 1.05 bits per heavy atom. The van der Waals surface area contributed by atoms with Crippen LogP contribution in [-0.2, 0) is 4.79 Å². The summed E-state index contributed by atoms with van der Waals surface area (Å²) in [7, 11) is 0. The molecule has 0 aliphatic heterocycles. The molecule has 0 aliphatic carbocycles. The van der Waals surface area contributed by atoms with Crippen LogP contribution in [0.25, 0.3) is 0 Å². The molecule has 0 atom stereocenters. The van der Waals surface area contributed by atoms with E-state index in [0.717, 1.165) is 0 Å². The standard InChI is InChI=1S/C15H13Cl2NO2/c16-11-5-7-12(8-6-11)18-15(19)9-10-20-14-4-2-1-3-13(14)17/h1-8H,9-10H2,(H,18,19). The third-order valence-electron chi connectivity index (χ3n) is 2.55. The second-order valence-corrected chi connectivity index (χ2v) is 4.93. The lowest BCUT2D eigenvalue weighted by atomic mass is 10.3. The molecule has 0 bridgehead atoms. The molecule has 0 spiro atoms. The van der Waals surface area contributed by atoms with E-state index in [9.17, 15) is 4.79 Å². The van der Waals surface area contributed by atoms with Crippen molar-refractivity contribution >= 4 is 34.8 Å². The maximum atomic E-state index is 11.7. The average molecular weight is 310 g/mol. The maximum absolute atomic E-state index is 11.7. The second kappa shape index (κ2) is 7.17. The highest BCUT2D eigenvalue weighted by Crippen LogP contribution is 2.23. The van der Waals surface area contributed by atoms with Gasteiger partial charge in [-0.3, -0.25) is 4.79 Å². The summed E-state index contributed by atoms with van der Waals surface area (Å²) < 4.78 is 5.45. The van der Waals surface area contributed by atoms with Gasteiger partial charge in [0.2, 0.25) is 5.91 Å². The zero-order valence-electron chi connectivity index (χ0n) is 10.6. The minimum absolute atomic E-state index is 0.126. The molecule has 0 aromatic heterocycles. The SMILES string of the molecule is O=C(CCOc1ccccc1Cl)Nc1ccc(Cl)cc1. The summed E-state index contributed by atoms with van der Waals surface area (Å²) in [5.41, 5.74) is 0.706. The van der Waals surface area contributed by atoms with Crippen molar-refractivity contribution in [2.75, 3.05) is 11.9 Å². The van der Waals surface area contributed by atoms with Crippen LogP contribution < -0.4 is 10.1 Å². The number of hydrogen-bond donors (Lipinski definition) is 1. The first-order valence-corrected chi connectivity index (χ1v) is 6.83. The van der Waals surface area contributed by atoms with E-state index >= 15 is 0 Å². The summed E-state index contributed by atoms with van der Waals surface area (Å²) in [6.07, 6.45) is 0.244. The van der Waals surface area contributed by atoms with Crippen molar-refractivity contribution in [3.05, 3.63) is 58.6 Å². The van der Waals surface area contributed by atoms with Crippen LogP contribution in [0.1, 0.15) is 6.42 Å². The first-order chi connectivity index (χ1) is 9.65.